The van der Waals surface area contributed by atoms with E-state index in [1.165, 1.54) is 15.3 Å². The quantitative estimate of drug-likeness (QED) is 0.711. The summed E-state index contributed by atoms with van der Waals surface area (Å²) in [6, 6.07) is 8.05. The van der Waals surface area contributed by atoms with Crippen LogP contribution in [-0.2, 0) is 6.18 Å². The molecule has 3 rings (SSSR count). The largest absolute Gasteiger partial charge is 0.433 e. The molecule has 0 N–H and O–H groups in total. The maximum Gasteiger partial charge on any atom is 0.433 e. The molecule has 0 amide bonds. The summed E-state index contributed by atoms with van der Waals surface area (Å²) in [6.07, 6.45) is 0.405. The monoisotopic (exact) mass is 362 g/mol. The van der Waals surface area contributed by atoms with Crippen molar-refractivity contribution >= 4 is 0 Å². The van der Waals surface area contributed by atoms with E-state index >= 15 is 0 Å². The van der Waals surface area contributed by atoms with Crippen molar-refractivity contribution in [3.8, 4) is 5.69 Å². The highest BCUT2D eigenvalue weighted by Crippen LogP contribution is 2.36. The Morgan fingerprint density at radius 1 is 1.08 bits per heavy atom. The summed E-state index contributed by atoms with van der Waals surface area (Å²) in [4.78, 5) is 20.0. The number of alkyl halides is 3. The van der Waals surface area contributed by atoms with Gasteiger partial charge in [-0.05, 0) is 18.1 Å². The average Bonchev–Trinajstić information content (AvgIpc) is 2.97. The van der Waals surface area contributed by atoms with Gasteiger partial charge < -0.3 is 0 Å². The van der Waals surface area contributed by atoms with E-state index in [4.69, 9.17) is 0 Å². The van der Waals surface area contributed by atoms with Crippen molar-refractivity contribution in [1.82, 2.24) is 19.1 Å². The van der Waals surface area contributed by atoms with Gasteiger partial charge in [-0.3, -0.25) is 9.13 Å². The molecule has 3 aromatic rings. The molecule has 1 aromatic carbocycles. The molecule has 1 unspecified atom stereocenters. The van der Waals surface area contributed by atoms with Gasteiger partial charge in [-0.2, -0.15) is 13.2 Å². The van der Waals surface area contributed by atoms with Crippen LogP contribution in [0.3, 0.4) is 0 Å². The van der Waals surface area contributed by atoms with Crippen LogP contribution in [0.25, 0.3) is 5.69 Å². The minimum atomic E-state index is -4.63. The van der Waals surface area contributed by atoms with Gasteiger partial charge in [-0.25, -0.2) is 14.8 Å². The third-order valence-electron chi connectivity index (χ3n) is 4.10. The molecule has 0 saturated carbocycles. The van der Waals surface area contributed by atoms with Crippen LogP contribution in [0.4, 0.5) is 13.2 Å². The molecule has 8 heteroatoms. The average molecular weight is 362 g/mol. The number of hydrogen-bond acceptors (Lipinski definition) is 3. The van der Waals surface area contributed by atoms with Crippen LogP contribution in [0.1, 0.15) is 31.1 Å². The van der Waals surface area contributed by atoms with E-state index in [1.807, 2.05) is 6.07 Å². The van der Waals surface area contributed by atoms with Crippen LogP contribution in [-0.4, -0.2) is 19.1 Å². The fraction of sp³-hybridized carbons (Fsp3) is 0.278. The number of benzene rings is 1. The highest BCUT2D eigenvalue weighted by Gasteiger charge is 2.38. The molecule has 2 heterocycles. The van der Waals surface area contributed by atoms with Gasteiger partial charge in [0.15, 0.2) is 5.69 Å². The lowest BCUT2D eigenvalue weighted by Crippen LogP contribution is -2.31. The van der Waals surface area contributed by atoms with Gasteiger partial charge in [0.05, 0.1) is 11.7 Å². The summed E-state index contributed by atoms with van der Waals surface area (Å²) < 4.78 is 42.8. The highest BCUT2D eigenvalue weighted by molar-refractivity contribution is 5.32. The van der Waals surface area contributed by atoms with Gasteiger partial charge >= 0.3 is 11.9 Å². The molecule has 1 atom stereocenters. The van der Waals surface area contributed by atoms with Crippen molar-refractivity contribution in [3.05, 3.63) is 77.0 Å². The second-order valence-electron chi connectivity index (χ2n) is 6.21. The summed E-state index contributed by atoms with van der Waals surface area (Å²) in [5.74, 6) is -0.286. The minimum Gasteiger partial charge on any atom is -0.291 e. The Morgan fingerprint density at radius 2 is 1.77 bits per heavy atom. The summed E-state index contributed by atoms with van der Waals surface area (Å²) in [5, 5.41) is 0. The first-order valence-corrected chi connectivity index (χ1v) is 8.02. The van der Waals surface area contributed by atoms with E-state index in [0.717, 1.165) is 12.5 Å². The lowest BCUT2D eigenvalue weighted by atomic mass is 9.95. The van der Waals surface area contributed by atoms with Gasteiger partial charge in [-0.15, -0.1) is 0 Å². The molecule has 0 spiro atoms. The molecular weight excluding hydrogens is 345 g/mol. The van der Waals surface area contributed by atoms with Gasteiger partial charge in [-0.1, -0.05) is 32.0 Å². The Hall–Kier alpha value is -2.90. The van der Waals surface area contributed by atoms with Crippen LogP contribution in [0.5, 0.6) is 0 Å². The second-order valence-corrected chi connectivity index (χ2v) is 6.21. The second kappa shape index (κ2) is 6.78. The summed E-state index contributed by atoms with van der Waals surface area (Å²) >= 11 is 0. The molecule has 0 aliphatic carbocycles. The topological polar surface area (TPSA) is 52.7 Å². The smallest absolute Gasteiger partial charge is 0.291 e. The van der Waals surface area contributed by atoms with Crippen molar-refractivity contribution in [2.24, 2.45) is 5.92 Å². The van der Waals surface area contributed by atoms with E-state index < -0.39 is 23.6 Å². The first-order valence-electron chi connectivity index (χ1n) is 8.02. The molecule has 0 aliphatic heterocycles. The maximum absolute atomic E-state index is 13.4. The Balaban J connectivity index is 2.16. The van der Waals surface area contributed by atoms with Crippen LogP contribution in [0.2, 0.25) is 0 Å². The fourth-order valence-electron chi connectivity index (χ4n) is 3.01. The highest BCUT2D eigenvalue weighted by atomic mass is 19.4. The number of nitrogens with zero attached hydrogens (tertiary/aromatic N) is 4. The Morgan fingerprint density at radius 3 is 2.38 bits per heavy atom. The third-order valence-corrected chi connectivity index (χ3v) is 4.10. The number of halogens is 3. The first kappa shape index (κ1) is 17.9. The first-order chi connectivity index (χ1) is 12.3. The third kappa shape index (κ3) is 3.26. The van der Waals surface area contributed by atoms with Gasteiger partial charge in [0, 0.05) is 24.2 Å². The van der Waals surface area contributed by atoms with Gasteiger partial charge in [0.25, 0.3) is 0 Å². The molecule has 0 fully saturated rings. The summed E-state index contributed by atoms with van der Waals surface area (Å²) in [6.45, 7) is 3.51. The number of rotatable bonds is 4. The van der Waals surface area contributed by atoms with E-state index in [0.29, 0.717) is 5.69 Å². The van der Waals surface area contributed by atoms with Crippen LogP contribution in [0, 0.1) is 5.92 Å². The normalized spacial score (nSPS) is 13.2. The predicted octanol–water partition coefficient (Wildman–Crippen LogP) is 3.69. The number of para-hydroxylation sites is 1. The Bertz CT molecular complexity index is 945. The molecule has 136 valence electrons. The molecule has 0 radical (unpaired) electrons. The fourth-order valence-corrected chi connectivity index (χ4v) is 3.01. The standard InChI is InChI=1S/C18H17F3N4O/c1-12(2)15(14-10-22-11-23-16(14)18(19,20)21)25-9-8-24(17(25)26)13-6-4-3-5-7-13/h3-12,15H,1-2H3. The van der Waals surface area contributed by atoms with Crippen molar-refractivity contribution in [2.75, 3.05) is 0 Å². The van der Waals surface area contributed by atoms with Crippen molar-refractivity contribution in [3.63, 3.8) is 0 Å². The number of aromatic nitrogens is 4. The predicted molar refractivity (Wildman–Crippen MR) is 90.0 cm³/mol. The minimum absolute atomic E-state index is 0.122. The zero-order valence-corrected chi connectivity index (χ0v) is 14.2. The maximum atomic E-state index is 13.4. The van der Waals surface area contributed by atoms with E-state index in [2.05, 4.69) is 9.97 Å². The summed E-state index contributed by atoms with van der Waals surface area (Å²) in [5.41, 5.74) is -0.931. The molecule has 2 aromatic heterocycles. The van der Waals surface area contributed by atoms with Crippen molar-refractivity contribution < 1.29 is 13.2 Å². The van der Waals surface area contributed by atoms with E-state index in [-0.39, 0.29) is 11.5 Å². The molecule has 26 heavy (non-hydrogen) atoms. The van der Waals surface area contributed by atoms with Crippen molar-refractivity contribution in [2.45, 2.75) is 26.1 Å². The molecule has 0 saturated heterocycles. The lowest BCUT2D eigenvalue weighted by Gasteiger charge is -2.24. The lowest BCUT2D eigenvalue weighted by molar-refractivity contribution is -0.142. The summed E-state index contributed by atoms with van der Waals surface area (Å²) in [7, 11) is 0. The molecule has 0 aliphatic rings. The SMILES string of the molecule is CC(C)C(c1cncnc1C(F)(F)F)n1ccn(-c2ccccc2)c1=O. The van der Waals surface area contributed by atoms with Crippen LogP contribution >= 0.6 is 0 Å². The Kier molecular flexibility index (Phi) is 4.67. The zero-order valence-electron chi connectivity index (χ0n) is 14.2. The molecular formula is C18H17F3N4O. The number of imidazole rings is 1. The molecule has 5 nitrogen and oxygen atoms in total. The Labute approximate surface area is 147 Å². The van der Waals surface area contributed by atoms with Crippen LogP contribution < -0.4 is 5.69 Å². The number of hydrogen-bond donors (Lipinski definition) is 0. The van der Waals surface area contributed by atoms with Crippen molar-refractivity contribution in [1.29, 1.82) is 0 Å². The van der Waals surface area contributed by atoms with Gasteiger partial charge in [0.2, 0.25) is 0 Å². The van der Waals surface area contributed by atoms with E-state index in [1.54, 1.807) is 44.3 Å². The van der Waals surface area contributed by atoms with Gasteiger partial charge in [0.1, 0.15) is 6.33 Å². The van der Waals surface area contributed by atoms with Crippen LogP contribution in [0.15, 0.2) is 60.0 Å². The zero-order chi connectivity index (χ0) is 18.9. The molecule has 0 bridgehead atoms. The van der Waals surface area contributed by atoms with E-state index in [9.17, 15) is 18.0 Å².